The summed E-state index contributed by atoms with van der Waals surface area (Å²) in [5.41, 5.74) is 8.17. The van der Waals surface area contributed by atoms with Gasteiger partial charge in [-0.25, -0.2) is 0 Å². The fourth-order valence-corrected chi connectivity index (χ4v) is 6.85. The number of hydrogen-bond donors (Lipinski definition) is 0. The van der Waals surface area contributed by atoms with Gasteiger partial charge in [-0.05, 0) is 181 Å². The number of ether oxygens (including phenoxy) is 6. The second-order valence-electron chi connectivity index (χ2n) is 13.7. The second-order valence-corrected chi connectivity index (χ2v) is 13.7. The van der Waals surface area contributed by atoms with Crippen molar-refractivity contribution in [1.82, 2.24) is 0 Å². The van der Waals surface area contributed by atoms with E-state index in [0.29, 0.717) is 0 Å². The number of nitrogens with zero attached hydrogens (tertiary/aromatic N) is 2. The molecule has 0 radical (unpaired) electrons. The molecule has 8 aromatic carbocycles. The minimum absolute atomic E-state index is 0.734. The fraction of sp³-hybridized carbons (Fsp3) is 0.0769. The van der Waals surface area contributed by atoms with Crippen LogP contribution in [-0.4, -0.2) is 28.4 Å². The molecule has 0 aromatic heterocycles. The van der Waals surface area contributed by atoms with Crippen molar-refractivity contribution in [3.05, 3.63) is 194 Å². The smallest absolute Gasteiger partial charge is 0.127 e. The summed E-state index contributed by atoms with van der Waals surface area (Å²) in [6.45, 7) is 0. The summed E-state index contributed by atoms with van der Waals surface area (Å²) >= 11 is 0. The van der Waals surface area contributed by atoms with Crippen molar-refractivity contribution in [2.45, 2.75) is 0 Å². The summed E-state index contributed by atoms with van der Waals surface area (Å²) in [7, 11) is 6.65. The molecule has 0 N–H and O–H groups in total. The summed E-state index contributed by atoms with van der Waals surface area (Å²) in [4.78, 5) is 4.42. The lowest BCUT2D eigenvalue weighted by Gasteiger charge is -2.26. The Hall–Kier alpha value is -7.84. The molecule has 8 heteroatoms. The van der Waals surface area contributed by atoms with Crippen LogP contribution in [-0.2, 0) is 0 Å². The molecule has 298 valence electrons. The lowest BCUT2D eigenvalue weighted by Crippen LogP contribution is -2.10. The third-order valence-corrected chi connectivity index (χ3v) is 10.0. The van der Waals surface area contributed by atoms with Crippen LogP contribution in [0.2, 0.25) is 0 Å². The Bertz CT molecular complexity index is 2390. The van der Waals surface area contributed by atoms with Gasteiger partial charge in [0.25, 0.3) is 0 Å². The monoisotopic (exact) mass is 792 g/mol. The van der Waals surface area contributed by atoms with E-state index < -0.39 is 0 Å². The van der Waals surface area contributed by atoms with Crippen molar-refractivity contribution in [1.29, 1.82) is 0 Å². The van der Waals surface area contributed by atoms with Gasteiger partial charge in [0, 0.05) is 34.1 Å². The molecule has 8 rings (SSSR count). The Labute approximate surface area is 350 Å². The van der Waals surface area contributed by atoms with E-state index in [-0.39, 0.29) is 0 Å². The average Bonchev–Trinajstić information content (AvgIpc) is 3.32. The van der Waals surface area contributed by atoms with Gasteiger partial charge < -0.3 is 38.2 Å². The molecule has 60 heavy (non-hydrogen) atoms. The topological polar surface area (TPSA) is 61.9 Å². The summed E-state index contributed by atoms with van der Waals surface area (Å²) in [5.74, 6) is 6.09. The van der Waals surface area contributed by atoms with Crippen molar-refractivity contribution < 1.29 is 28.4 Å². The first-order valence-corrected chi connectivity index (χ1v) is 19.4. The molecule has 0 spiro atoms. The maximum atomic E-state index is 6.13. The van der Waals surface area contributed by atoms with Gasteiger partial charge in [0.1, 0.15) is 46.0 Å². The van der Waals surface area contributed by atoms with E-state index in [4.69, 9.17) is 28.4 Å². The predicted octanol–water partition coefficient (Wildman–Crippen LogP) is 13.9. The molecule has 0 saturated carbocycles. The molecule has 0 aliphatic carbocycles. The molecule has 0 unspecified atom stereocenters. The number of anilines is 6. The van der Waals surface area contributed by atoms with Gasteiger partial charge in [-0.15, -0.1) is 0 Å². The van der Waals surface area contributed by atoms with Crippen molar-refractivity contribution in [3.8, 4) is 57.1 Å². The zero-order valence-corrected chi connectivity index (χ0v) is 33.8. The molecule has 8 nitrogen and oxygen atoms in total. The minimum Gasteiger partial charge on any atom is -0.497 e. The number of benzene rings is 8. The van der Waals surface area contributed by atoms with Crippen LogP contribution in [0.3, 0.4) is 0 Å². The van der Waals surface area contributed by atoms with Crippen LogP contribution in [0.25, 0.3) is 11.1 Å². The van der Waals surface area contributed by atoms with Gasteiger partial charge in [-0.2, -0.15) is 0 Å². The summed E-state index contributed by atoms with van der Waals surface area (Å²) < 4.78 is 33.7. The Balaban J connectivity index is 1.04. The Morgan fingerprint density at radius 1 is 0.217 bits per heavy atom. The first kappa shape index (κ1) is 39.0. The molecule has 0 atom stereocenters. The average molecular weight is 793 g/mol. The molecule has 0 fully saturated rings. The van der Waals surface area contributed by atoms with Gasteiger partial charge in [-0.3, -0.25) is 0 Å². The van der Waals surface area contributed by atoms with Crippen LogP contribution >= 0.6 is 0 Å². The van der Waals surface area contributed by atoms with Crippen molar-refractivity contribution in [2.24, 2.45) is 0 Å². The lowest BCUT2D eigenvalue weighted by atomic mass is 10.0. The van der Waals surface area contributed by atoms with Gasteiger partial charge in [0.15, 0.2) is 0 Å². The normalized spacial score (nSPS) is 10.7. The number of methoxy groups -OCH3 is 4. The van der Waals surface area contributed by atoms with E-state index in [1.807, 2.05) is 97.1 Å². The van der Waals surface area contributed by atoms with Gasteiger partial charge in [0.2, 0.25) is 0 Å². The molecular formula is C52H44N2O6. The van der Waals surface area contributed by atoms with Crippen molar-refractivity contribution in [2.75, 3.05) is 38.2 Å². The highest BCUT2D eigenvalue weighted by Crippen LogP contribution is 2.40. The maximum absolute atomic E-state index is 6.13. The Morgan fingerprint density at radius 2 is 0.383 bits per heavy atom. The van der Waals surface area contributed by atoms with Crippen LogP contribution in [0.15, 0.2) is 194 Å². The third-order valence-electron chi connectivity index (χ3n) is 10.0. The zero-order valence-electron chi connectivity index (χ0n) is 33.8. The van der Waals surface area contributed by atoms with Gasteiger partial charge in [-0.1, -0.05) is 24.3 Å². The molecule has 0 amide bonds. The summed E-state index contributed by atoms with van der Waals surface area (Å²) in [5, 5.41) is 0. The first-order valence-electron chi connectivity index (χ1n) is 19.4. The van der Waals surface area contributed by atoms with E-state index in [2.05, 4.69) is 107 Å². The molecule has 0 aliphatic rings. The molecule has 8 aromatic rings. The first-order chi connectivity index (χ1) is 29.5. The quantitative estimate of drug-likeness (QED) is 0.102. The van der Waals surface area contributed by atoms with Crippen LogP contribution in [0.1, 0.15) is 0 Å². The van der Waals surface area contributed by atoms with Crippen LogP contribution in [0.4, 0.5) is 34.1 Å². The van der Waals surface area contributed by atoms with Gasteiger partial charge in [0.05, 0.1) is 28.4 Å². The molecule has 0 heterocycles. The summed E-state index contributed by atoms with van der Waals surface area (Å²) in [6, 6.07) is 64.6. The fourth-order valence-electron chi connectivity index (χ4n) is 6.85. The third kappa shape index (κ3) is 8.98. The Kier molecular flexibility index (Phi) is 11.8. The minimum atomic E-state index is 0.734. The van der Waals surface area contributed by atoms with Crippen molar-refractivity contribution >= 4 is 34.1 Å². The van der Waals surface area contributed by atoms with E-state index in [1.54, 1.807) is 28.4 Å². The molecule has 0 saturated heterocycles. The van der Waals surface area contributed by atoms with Crippen LogP contribution in [0, 0.1) is 0 Å². The standard InChI is InChI=1S/C52H44N2O6/c1-55-45-21-13-41(14-22-45)53(43-17-25-49(26-18-43)59-51-33-29-47(57-3)30-34-51)39-9-5-37(6-10-39)38-7-11-40(12-8-38)54(42-15-23-46(56-2)24-16-42)44-19-27-50(28-20-44)60-52-35-31-48(58-4)32-36-52/h5-36H,1-4H3. The van der Waals surface area contributed by atoms with Crippen LogP contribution in [0.5, 0.6) is 46.0 Å². The summed E-state index contributed by atoms with van der Waals surface area (Å²) in [6.07, 6.45) is 0. The highest BCUT2D eigenvalue weighted by atomic mass is 16.5. The maximum Gasteiger partial charge on any atom is 0.127 e. The largest absolute Gasteiger partial charge is 0.497 e. The zero-order chi connectivity index (χ0) is 41.3. The van der Waals surface area contributed by atoms with E-state index in [0.717, 1.165) is 91.2 Å². The second kappa shape index (κ2) is 18.2. The number of hydrogen-bond acceptors (Lipinski definition) is 8. The van der Waals surface area contributed by atoms with E-state index in [1.165, 1.54) is 0 Å². The highest BCUT2D eigenvalue weighted by Gasteiger charge is 2.16. The number of rotatable bonds is 15. The van der Waals surface area contributed by atoms with Crippen LogP contribution < -0.4 is 38.2 Å². The van der Waals surface area contributed by atoms with Gasteiger partial charge >= 0.3 is 0 Å². The van der Waals surface area contributed by atoms with E-state index >= 15 is 0 Å². The molecular weight excluding hydrogens is 749 g/mol. The predicted molar refractivity (Wildman–Crippen MR) is 240 cm³/mol. The highest BCUT2D eigenvalue weighted by molar-refractivity contribution is 5.81. The van der Waals surface area contributed by atoms with E-state index in [9.17, 15) is 0 Å². The van der Waals surface area contributed by atoms with Crippen molar-refractivity contribution in [3.63, 3.8) is 0 Å². The molecule has 0 aliphatic heterocycles. The molecule has 0 bridgehead atoms. The lowest BCUT2D eigenvalue weighted by molar-refractivity contribution is 0.413. The SMILES string of the molecule is COc1ccc(Oc2ccc(N(c3ccc(OC)cc3)c3ccc(-c4ccc(N(c5ccc(OC)cc5)c5ccc(Oc6ccc(OC)cc6)cc5)cc4)cc3)cc2)cc1. The Morgan fingerprint density at radius 3 is 0.600 bits per heavy atom.